The molecular formula is C16H17ClO2. The second-order valence-electron chi connectivity index (χ2n) is 4.64. The smallest absolute Gasteiger partial charge is 0.125 e. The van der Waals surface area contributed by atoms with Gasteiger partial charge in [-0.3, -0.25) is 0 Å². The van der Waals surface area contributed by atoms with Crippen LogP contribution in [0.25, 0.3) is 0 Å². The van der Waals surface area contributed by atoms with E-state index in [0.717, 1.165) is 16.7 Å². The zero-order chi connectivity index (χ0) is 13.8. The minimum absolute atomic E-state index is 0.434. The molecule has 0 saturated heterocycles. The molecule has 0 fully saturated rings. The standard InChI is InChI=1S/C16H17ClO2/c1-11-6-7-16(15(8-11)12(2)18)19-10-13-4-3-5-14(17)9-13/h3-9,12,18H,10H2,1-2H3. The molecule has 1 unspecified atom stereocenters. The predicted molar refractivity (Wildman–Crippen MR) is 77.6 cm³/mol. The van der Waals surface area contributed by atoms with Crippen LogP contribution in [0.2, 0.25) is 5.02 Å². The molecule has 0 aliphatic heterocycles. The van der Waals surface area contributed by atoms with Crippen LogP contribution in [0.5, 0.6) is 5.75 Å². The Morgan fingerprint density at radius 2 is 2.00 bits per heavy atom. The molecular weight excluding hydrogens is 260 g/mol. The first kappa shape index (κ1) is 13.9. The molecule has 0 amide bonds. The Kier molecular flexibility index (Phi) is 4.46. The van der Waals surface area contributed by atoms with Crippen molar-refractivity contribution in [3.63, 3.8) is 0 Å². The number of halogens is 1. The van der Waals surface area contributed by atoms with Gasteiger partial charge in [0.1, 0.15) is 12.4 Å². The molecule has 2 nitrogen and oxygen atoms in total. The minimum Gasteiger partial charge on any atom is -0.489 e. The van der Waals surface area contributed by atoms with Gasteiger partial charge in [0, 0.05) is 10.6 Å². The van der Waals surface area contributed by atoms with Crippen molar-refractivity contribution in [3.05, 3.63) is 64.2 Å². The molecule has 2 rings (SSSR count). The molecule has 100 valence electrons. The van der Waals surface area contributed by atoms with Gasteiger partial charge in [-0.2, -0.15) is 0 Å². The first-order valence-electron chi connectivity index (χ1n) is 6.22. The van der Waals surface area contributed by atoms with Crippen molar-refractivity contribution in [1.82, 2.24) is 0 Å². The molecule has 3 heteroatoms. The first-order chi connectivity index (χ1) is 9.06. The van der Waals surface area contributed by atoms with Gasteiger partial charge in [-0.25, -0.2) is 0 Å². The zero-order valence-electron chi connectivity index (χ0n) is 11.1. The van der Waals surface area contributed by atoms with Crippen molar-refractivity contribution >= 4 is 11.6 Å². The van der Waals surface area contributed by atoms with Crippen molar-refractivity contribution in [2.75, 3.05) is 0 Å². The van der Waals surface area contributed by atoms with E-state index in [-0.39, 0.29) is 0 Å². The monoisotopic (exact) mass is 276 g/mol. The van der Waals surface area contributed by atoms with E-state index in [1.165, 1.54) is 0 Å². The molecule has 0 aliphatic rings. The van der Waals surface area contributed by atoms with Crippen LogP contribution >= 0.6 is 11.6 Å². The Labute approximate surface area is 118 Å². The van der Waals surface area contributed by atoms with Gasteiger partial charge in [0.05, 0.1) is 6.10 Å². The number of benzene rings is 2. The number of aryl methyl sites for hydroxylation is 1. The number of hydrogen-bond acceptors (Lipinski definition) is 2. The normalized spacial score (nSPS) is 12.2. The molecule has 1 N–H and O–H groups in total. The van der Waals surface area contributed by atoms with E-state index >= 15 is 0 Å². The summed E-state index contributed by atoms with van der Waals surface area (Å²) in [5.74, 6) is 0.709. The van der Waals surface area contributed by atoms with Crippen LogP contribution in [-0.4, -0.2) is 5.11 Å². The average molecular weight is 277 g/mol. The molecule has 0 saturated carbocycles. The topological polar surface area (TPSA) is 29.5 Å². The fourth-order valence-corrected chi connectivity index (χ4v) is 2.13. The number of hydrogen-bond donors (Lipinski definition) is 1. The summed E-state index contributed by atoms with van der Waals surface area (Å²) in [6.07, 6.45) is -0.547. The first-order valence-corrected chi connectivity index (χ1v) is 6.60. The lowest BCUT2D eigenvalue weighted by molar-refractivity contribution is 0.190. The Bertz CT molecular complexity index is 564. The van der Waals surface area contributed by atoms with E-state index < -0.39 is 6.10 Å². The number of aliphatic hydroxyl groups is 1. The summed E-state index contributed by atoms with van der Waals surface area (Å²) in [5, 5.41) is 10.5. The molecule has 1 atom stereocenters. The fourth-order valence-electron chi connectivity index (χ4n) is 1.91. The van der Waals surface area contributed by atoms with Gasteiger partial charge < -0.3 is 9.84 Å². The molecule has 0 aliphatic carbocycles. The van der Waals surface area contributed by atoms with E-state index in [1.807, 2.05) is 49.4 Å². The van der Waals surface area contributed by atoms with Gasteiger partial charge >= 0.3 is 0 Å². The second-order valence-corrected chi connectivity index (χ2v) is 5.07. The fraction of sp³-hybridized carbons (Fsp3) is 0.250. The number of rotatable bonds is 4. The molecule has 0 radical (unpaired) electrons. The summed E-state index contributed by atoms with van der Waals surface area (Å²) in [5.41, 5.74) is 2.91. The highest BCUT2D eigenvalue weighted by molar-refractivity contribution is 6.30. The van der Waals surface area contributed by atoms with Crippen molar-refractivity contribution < 1.29 is 9.84 Å². The summed E-state index contributed by atoms with van der Waals surface area (Å²) < 4.78 is 5.78. The highest BCUT2D eigenvalue weighted by Crippen LogP contribution is 2.27. The highest BCUT2D eigenvalue weighted by atomic mass is 35.5. The zero-order valence-corrected chi connectivity index (χ0v) is 11.8. The predicted octanol–water partition coefficient (Wildman–Crippen LogP) is 4.28. The maximum Gasteiger partial charge on any atom is 0.125 e. The van der Waals surface area contributed by atoms with Crippen LogP contribution in [0.4, 0.5) is 0 Å². The third-order valence-electron chi connectivity index (χ3n) is 2.90. The Hall–Kier alpha value is -1.51. The second kappa shape index (κ2) is 6.09. The van der Waals surface area contributed by atoms with Gasteiger partial charge in [0.25, 0.3) is 0 Å². The maximum atomic E-state index is 9.77. The van der Waals surface area contributed by atoms with E-state index in [2.05, 4.69) is 0 Å². The van der Waals surface area contributed by atoms with Crippen LogP contribution in [0.15, 0.2) is 42.5 Å². The van der Waals surface area contributed by atoms with Crippen molar-refractivity contribution in [2.45, 2.75) is 26.6 Å². The largest absolute Gasteiger partial charge is 0.489 e. The lowest BCUT2D eigenvalue weighted by atomic mass is 10.1. The third-order valence-corrected chi connectivity index (χ3v) is 3.13. The van der Waals surface area contributed by atoms with Gasteiger partial charge in [-0.05, 0) is 43.7 Å². The van der Waals surface area contributed by atoms with Gasteiger partial charge in [-0.15, -0.1) is 0 Å². The third kappa shape index (κ3) is 3.72. The molecule has 19 heavy (non-hydrogen) atoms. The number of aliphatic hydroxyl groups excluding tert-OH is 1. The summed E-state index contributed by atoms with van der Waals surface area (Å²) in [6.45, 7) is 4.16. The van der Waals surface area contributed by atoms with Crippen LogP contribution < -0.4 is 4.74 Å². The summed E-state index contributed by atoms with van der Waals surface area (Å²) in [4.78, 5) is 0. The van der Waals surface area contributed by atoms with Crippen LogP contribution in [0.1, 0.15) is 29.7 Å². The Morgan fingerprint density at radius 1 is 1.21 bits per heavy atom. The lowest BCUT2D eigenvalue weighted by Crippen LogP contribution is -2.01. The van der Waals surface area contributed by atoms with Crippen molar-refractivity contribution in [2.24, 2.45) is 0 Å². The van der Waals surface area contributed by atoms with E-state index in [1.54, 1.807) is 6.92 Å². The quantitative estimate of drug-likeness (QED) is 0.903. The molecule has 0 heterocycles. The summed E-state index contributed by atoms with van der Waals surface area (Å²) in [6, 6.07) is 13.4. The molecule has 2 aromatic carbocycles. The van der Waals surface area contributed by atoms with E-state index in [4.69, 9.17) is 16.3 Å². The van der Waals surface area contributed by atoms with Gasteiger partial charge in [0.2, 0.25) is 0 Å². The highest BCUT2D eigenvalue weighted by Gasteiger charge is 2.09. The van der Waals surface area contributed by atoms with Gasteiger partial charge in [-0.1, -0.05) is 35.4 Å². The molecule has 0 spiro atoms. The number of ether oxygens (including phenoxy) is 1. The Morgan fingerprint density at radius 3 is 2.68 bits per heavy atom. The van der Waals surface area contributed by atoms with Gasteiger partial charge in [0.15, 0.2) is 0 Å². The summed E-state index contributed by atoms with van der Waals surface area (Å²) in [7, 11) is 0. The van der Waals surface area contributed by atoms with E-state index in [9.17, 15) is 5.11 Å². The SMILES string of the molecule is Cc1ccc(OCc2cccc(Cl)c2)c(C(C)O)c1. The molecule has 0 bridgehead atoms. The van der Waals surface area contributed by atoms with Crippen LogP contribution in [-0.2, 0) is 6.61 Å². The maximum absolute atomic E-state index is 9.77. The van der Waals surface area contributed by atoms with E-state index in [0.29, 0.717) is 17.4 Å². The molecule has 0 aromatic heterocycles. The average Bonchev–Trinajstić information content (AvgIpc) is 2.37. The Balaban J connectivity index is 2.15. The lowest BCUT2D eigenvalue weighted by Gasteiger charge is -2.14. The molecule has 2 aromatic rings. The minimum atomic E-state index is -0.547. The van der Waals surface area contributed by atoms with Crippen LogP contribution in [0.3, 0.4) is 0 Å². The van der Waals surface area contributed by atoms with Crippen LogP contribution in [0, 0.1) is 6.92 Å². The van der Waals surface area contributed by atoms with Crippen molar-refractivity contribution in [1.29, 1.82) is 0 Å². The summed E-state index contributed by atoms with van der Waals surface area (Å²) >= 11 is 5.93. The van der Waals surface area contributed by atoms with Crippen molar-refractivity contribution in [3.8, 4) is 5.75 Å².